The van der Waals surface area contributed by atoms with Gasteiger partial charge in [-0.2, -0.15) is 4.31 Å². The minimum Gasteiger partial charge on any atom is -0.495 e. The predicted octanol–water partition coefficient (Wildman–Crippen LogP) is 4.70. The van der Waals surface area contributed by atoms with Crippen molar-refractivity contribution in [3.8, 4) is 28.1 Å². The van der Waals surface area contributed by atoms with Gasteiger partial charge in [0.05, 0.1) is 18.3 Å². The number of amides is 2. The Morgan fingerprint density at radius 1 is 0.795 bits per heavy atom. The average molecular weight is 616 g/mol. The van der Waals surface area contributed by atoms with Crippen LogP contribution in [-0.2, 0) is 14.8 Å². The quantitative estimate of drug-likeness (QED) is 0.309. The van der Waals surface area contributed by atoms with Crippen molar-refractivity contribution in [3.63, 3.8) is 0 Å². The second-order valence-corrected chi connectivity index (χ2v) is 12.7. The Morgan fingerprint density at radius 2 is 1.48 bits per heavy atom. The number of ether oxygens (including phenoxy) is 1. The van der Waals surface area contributed by atoms with Gasteiger partial charge in [0.15, 0.2) is 0 Å². The Morgan fingerprint density at radius 3 is 2.18 bits per heavy atom. The smallest absolute Gasteiger partial charge is 0.253 e. The Balaban J connectivity index is 0.00000384. The van der Waals surface area contributed by atoms with E-state index < -0.39 is 10.0 Å². The molecule has 2 aliphatic rings. The lowest BCUT2D eigenvalue weighted by molar-refractivity contribution is -0.130. The van der Waals surface area contributed by atoms with E-state index in [0.717, 1.165) is 40.4 Å². The van der Waals surface area contributed by atoms with Gasteiger partial charge in [0.2, 0.25) is 15.9 Å². The van der Waals surface area contributed by atoms with E-state index in [4.69, 9.17) is 4.74 Å². The maximum atomic E-state index is 13.5. The average Bonchev–Trinajstić information content (AvgIpc) is 3.60. The number of carbonyl (C=O) groups is 2. The molecule has 0 unspecified atom stereocenters. The maximum absolute atomic E-state index is 13.5. The highest BCUT2D eigenvalue weighted by Crippen LogP contribution is 2.35. The third kappa shape index (κ3) is 5.89. The van der Waals surface area contributed by atoms with Gasteiger partial charge in [-0.05, 0) is 60.4 Å². The van der Waals surface area contributed by atoms with E-state index in [-0.39, 0.29) is 24.1 Å². The zero-order valence-electron chi connectivity index (χ0n) is 24.2. The van der Waals surface area contributed by atoms with Crippen LogP contribution < -0.4 is 4.74 Å². The summed E-state index contributed by atoms with van der Waals surface area (Å²) in [5, 5.41) is 0.777. The molecule has 11 heteroatoms. The molecular weight excluding hydrogens is 578 g/mol. The van der Waals surface area contributed by atoms with Crippen molar-refractivity contribution < 1.29 is 22.7 Å². The van der Waals surface area contributed by atoms with E-state index in [2.05, 4.69) is 9.97 Å². The first kappa shape index (κ1) is 31.1. The SMILES string of the molecule is C.COc1ccc(-c2ccc3ncnc(-c4cccc(C(=O)N5CCN(C(C)=O)CC5)c4)c3c2)cc1S(=O)(=O)N1CCCC1. The zero-order valence-corrected chi connectivity index (χ0v) is 25.0. The van der Waals surface area contributed by atoms with Gasteiger partial charge in [0, 0.05) is 62.7 Å². The molecule has 0 saturated carbocycles. The molecule has 0 bridgehead atoms. The van der Waals surface area contributed by atoms with E-state index in [1.165, 1.54) is 17.7 Å². The van der Waals surface area contributed by atoms with Crippen LogP contribution in [0.3, 0.4) is 0 Å². The highest BCUT2D eigenvalue weighted by molar-refractivity contribution is 7.89. The Bertz CT molecular complexity index is 1810. The van der Waals surface area contributed by atoms with Crippen LogP contribution in [0.4, 0.5) is 0 Å². The zero-order chi connectivity index (χ0) is 30.1. The molecule has 230 valence electrons. The Kier molecular flexibility index (Phi) is 8.98. The molecule has 6 rings (SSSR count). The van der Waals surface area contributed by atoms with Crippen molar-refractivity contribution in [2.45, 2.75) is 32.1 Å². The third-order valence-electron chi connectivity index (χ3n) is 8.21. The fourth-order valence-corrected chi connectivity index (χ4v) is 7.50. The van der Waals surface area contributed by atoms with E-state index in [1.54, 1.807) is 34.9 Å². The van der Waals surface area contributed by atoms with E-state index in [1.807, 2.05) is 42.5 Å². The number of nitrogens with zero attached hydrogens (tertiary/aromatic N) is 5. The molecule has 2 aliphatic heterocycles. The van der Waals surface area contributed by atoms with Crippen LogP contribution in [0, 0.1) is 0 Å². The Hall–Kier alpha value is -4.35. The standard InChI is InChI=1S/C32H33N5O5S.CH4/c1-22(38)35-14-16-36(17-15-35)32(39)26-7-5-6-25(18-26)31-27-19-23(8-10-28(27)33-21-34-31)24-9-11-29(42-2)30(20-24)43(40,41)37-12-3-4-13-37;/h5-11,18-21H,3-4,12-17H2,1-2H3;1H4. The summed E-state index contributed by atoms with van der Waals surface area (Å²) in [4.78, 5) is 37.7. The molecule has 2 fully saturated rings. The lowest BCUT2D eigenvalue weighted by Gasteiger charge is -2.34. The molecule has 2 amide bonds. The highest BCUT2D eigenvalue weighted by Gasteiger charge is 2.30. The molecule has 4 aromatic rings. The van der Waals surface area contributed by atoms with Crippen molar-refractivity contribution in [1.82, 2.24) is 24.1 Å². The van der Waals surface area contributed by atoms with Crippen LogP contribution in [0.1, 0.15) is 37.6 Å². The monoisotopic (exact) mass is 615 g/mol. The van der Waals surface area contributed by atoms with Crippen LogP contribution in [0.15, 0.2) is 71.9 Å². The molecule has 2 saturated heterocycles. The molecule has 0 N–H and O–H groups in total. The topological polar surface area (TPSA) is 113 Å². The number of sulfonamides is 1. The van der Waals surface area contributed by atoms with Crippen molar-refractivity contribution in [1.29, 1.82) is 0 Å². The molecule has 0 aliphatic carbocycles. The van der Waals surface area contributed by atoms with E-state index in [0.29, 0.717) is 56.3 Å². The van der Waals surface area contributed by atoms with E-state index in [9.17, 15) is 18.0 Å². The minimum absolute atomic E-state index is 0. The van der Waals surface area contributed by atoms with Crippen LogP contribution >= 0.6 is 0 Å². The summed E-state index contributed by atoms with van der Waals surface area (Å²) in [6.45, 7) is 4.56. The van der Waals surface area contributed by atoms with E-state index >= 15 is 0 Å². The van der Waals surface area contributed by atoms with Crippen LogP contribution in [0.25, 0.3) is 33.3 Å². The molecule has 0 radical (unpaired) electrons. The summed E-state index contributed by atoms with van der Waals surface area (Å²) in [6.07, 6.45) is 3.19. The van der Waals surface area contributed by atoms with Crippen molar-refractivity contribution in [3.05, 3.63) is 72.6 Å². The molecule has 1 aromatic heterocycles. The molecule has 3 heterocycles. The molecule has 0 spiro atoms. The lowest BCUT2D eigenvalue weighted by Crippen LogP contribution is -2.50. The van der Waals surface area contributed by atoms with Crippen molar-refractivity contribution >= 4 is 32.7 Å². The number of fused-ring (bicyclic) bond motifs is 1. The number of hydrogen-bond acceptors (Lipinski definition) is 7. The first-order valence-electron chi connectivity index (χ1n) is 14.3. The predicted molar refractivity (Wildman–Crippen MR) is 170 cm³/mol. The molecule has 44 heavy (non-hydrogen) atoms. The molecular formula is C33H37N5O5S. The summed E-state index contributed by atoms with van der Waals surface area (Å²) in [5.74, 6) is 0.238. The summed E-state index contributed by atoms with van der Waals surface area (Å²) in [6, 6.07) is 18.3. The summed E-state index contributed by atoms with van der Waals surface area (Å²) in [7, 11) is -2.23. The number of methoxy groups -OCH3 is 1. The number of rotatable bonds is 6. The van der Waals surface area contributed by atoms with Gasteiger partial charge in [0.25, 0.3) is 5.91 Å². The molecule has 10 nitrogen and oxygen atoms in total. The third-order valence-corrected chi connectivity index (χ3v) is 10.1. The van der Waals surface area contributed by atoms with Crippen LogP contribution in [-0.4, -0.2) is 90.7 Å². The number of carbonyl (C=O) groups excluding carboxylic acids is 2. The number of aromatic nitrogens is 2. The summed E-state index contributed by atoms with van der Waals surface area (Å²) >= 11 is 0. The van der Waals surface area contributed by atoms with Gasteiger partial charge >= 0.3 is 0 Å². The van der Waals surface area contributed by atoms with Gasteiger partial charge in [0.1, 0.15) is 17.0 Å². The van der Waals surface area contributed by atoms with Gasteiger partial charge in [-0.25, -0.2) is 18.4 Å². The van der Waals surface area contributed by atoms with Gasteiger partial charge in [-0.1, -0.05) is 31.7 Å². The summed E-state index contributed by atoms with van der Waals surface area (Å²) in [5.41, 5.74) is 4.24. The first-order chi connectivity index (χ1) is 20.8. The van der Waals surface area contributed by atoms with Crippen LogP contribution in [0.5, 0.6) is 5.75 Å². The number of benzene rings is 3. The van der Waals surface area contributed by atoms with Crippen molar-refractivity contribution in [2.24, 2.45) is 0 Å². The summed E-state index contributed by atoms with van der Waals surface area (Å²) < 4.78 is 33.9. The normalized spacial score (nSPS) is 15.7. The maximum Gasteiger partial charge on any atom is 0.253 e. The Labute approximate surface area is 258 Å². The van der Waals surface area contributed by atoms with Gasteiger partial charge < -0.3 is 14.5 Å². The molecule has 3 aromatic carbocycles. The largest absolute Gasteiger partial charge is 0.495 e. The van der Waals surface area contributed by atoms with Crippen LogP contribution in [0.2, 0.25) is 0 Å². The second kappa shape index (κ2) is 12.7. The second-order valence-electron chi connectivity index (χ2n) is 10.8. The number of hydrogen-bond donors (Lipinski definition) is 0. The minimum atomic E-state index is -3.71. The van der Waals surface area contributed by atoms with Crippen molar-refractivity contribution in [2.75, 3.05) is 46.4 Å². The fraction of sp³-hybridized carbons (Fsp3) is 0.333. The van der Waals surface area contributed by atoms with Gasteiger partial charge in [-0.3, -0.25) is 9.59 Å². The lowest BCUT2D eigenvalue weighted by atomic mass is 9.99. The molecule has 0 atom stereocenters. The van der Waals surface area contributed by atoms with Gasteiger partial charge in [-0.15, -0.1) is 0 Å². The highest BCUT2D eigenvalue weighted by atomic mass is 32.2. The number of piperazine rings is 1. The fourth-order valence-electron chi connectivity index (χ4n) is 5.80. The first-order valence-corrected chi connectivity index (χ1v) is 15.8.